The lowest BCUT2D eigenvalue weighted by Crippen LogP contribution is -2.47. The van der Waals surface area contributed by atoms with Gasteiger partial charge in [-0.25, -0.2) is 0 Å². The summed E-state index contributed by atoms with van der Waals surface area (Å²) in [5, 5.41) is 0. The van der Waals surface area contributed by atoms with E-state index in [0.29, 0.717) is 18.5 Å². The molecule has 1 saturated heterocycles. The van der Waals surface area contributed by atoms with Crippen LogP contribution < -0.4 is 5.73 Å². The number of hydrogen-bond donors (Lipinski definition) is 1. The number of likely N-dealkylation sites (tertiary alicyclic amines) is 1. The molecular weight excluding hydrogens is 286 g/mol. The normalized spacial score (nSPS) is 29.4. The lowest BCUT2D eigenvalue weighted by molar-refractivity contribution is -0.135. The van der Waals surface area contributed by atoms with Crippen molar-refractivity contribution in [3.63, 3.8) is 0 Å². The molecule has 21 heavy (non-hydrogen) atoms. The van der Waals surface area contributed by atoms with Crippen LogP contribution >= 0.6 is 12.4 Å². The molecule has 1 saturated carbocycles. The summed E-state index contributed by atoms with van der Waals surface area (Å²) < 4.78 is 0. The lowest BCUT2D eigenvalue weighted by Gasteiger charge is -2.32. The van der Waals surface area contributed by atoms with Crippen molar-refractivity contribution in [2.45, 2.75) is 65.1 Å². The molecule has 3 atom stereocenters. The SMILES string of the molecule is CC(C)N(C(=O)CN1CC2CCCC(N)C2C1)C(C)C.Cl. The van der Waals surface area contributed by atoms with Gasteiger partial charge in [0.05, 0.1) is 6.54 Å². The average Bonchev–Trinajstić information content (AvgIpc) is 2.71. The monoisotopic (exact) mass is 317 g/mol. The van der Waals surface area contributed by atoms with Crippen molar-refractivity contribution in [1.29, 1.82) is 0 Å². The van der Waals surface area contributed by atoms with Crippen molar-refractivity contribution in [2.24, 2.45) is 17.6 Å². The van der Waals surface area contributed by atoms with Gasteiger partial charge in [0, 0.05) is 31.2 Å². The number of halogens is 1. The third kappa shape index (κ3) is 4.33. The van der Waals surface area contributed by atoms with Gasteiger partial charge < -0.3 is 10.6 Å². The second kappa shape index (κ2) is 7.80. The maximum absolute atomic E-state index is 12.5. The molecule has 124 valence electrons. The van der Waals surface area contributed by atoms with E-state index in [1.165, 1.54) is 12.8 Å². The first-order valence-electron chi connectivity index (χ1n) is 8.19. The van der Waals surface area contributed by atoms with Crippen LogP contribution in [0.15, 0.2) is 0 Å². The van der Waals surface area contributed by atoms with E-state index in [4.69, 9.17) is 5.73 Å². The summed E-state index contributed by atoms with van der Waals surface area (Å²) in [5.41, 5.74) is 6.25. The first-order chi connectivity index (χ1) is 9.40. The fourth-order valence-corrected chi connectivity index (χ4v) is 4.18. The predicted octanol–water partition coefficient (Wildman–Crippen LogP) is 2.11. The summed E-state index contributed by atoms with van der Waals surface area (Å²) in [6.07, 6.45) is 3.71. The number of nitrogens with zero attached hydrogens (tertiary/aromatic N) is 2. The van der Waals surface area contributed by atoms with Crippen LogP contribution in [0, 0.1) is 11.8 Å². The molecule has 0 spiro atoms. The molecule has 3 unspecified atom stereocenters. The number of fused-ring (bicyclic) bond motifs is 1. The number of carbonyl (C=O) groups is 1. The van der Waals surface area contributed by atoms with Gasteiger partial charge in [-0.15, -0.1) is 12.4 Å². The number of carbonyl (C=O) groups excluding carboxylic acids is 1. The Labute approximate surface area is 135 Å². The van der Waals surface area contributed by atoms with Crippen LogP contribution in [0.5, 0.6) is 0 Å². The van der Waals surface area contributed by atoms with Crippen LogP contribution in [0.1, 0.15) is 47.0 Å². The van der Waals surface area contributed by atoms with Gasteiger partial charge in [0.2, 0.25) is 5.91 Å². The second-order valence-corrected chi connectivity index (χ2v) is 7.20. The summed E-state index contributed by atoms with van der Waals surface area (Å²) in [5.74, 6) is 1.60. The molecular formula is C16H32ClN3O. The fourth-order valence-electron chi connectivity index (χ4n) is 4.18. The Balaban J connectivity index is 0.00000220. The Morgan fingerprint density at radius 2 is 1.81 bits per heavy atom. The van der Waals surface area contributed by atoms with Gasteiger partial charge in [0.25, 0.3) is 0 Å². The van der Waals surface area contributed by atoms with Gasteiger partial charge in [-0.3, -0.25) is 9.69 Å². The standard InChI is InChI=1S/C16H31N3O.ClH/c1-11(2)19(12(3)4)16(20)10-18-8-13-6-5-7-15(17)14(13)9-18;/h11-15H,5-10,17H2,1-4H3;1H. The summed E-state index contributed by atoms with van der Waals surface area (Å²) in [7, 11) is 0. The molecule has 0 radical (unpaired) electrons. The Bertz CT molecular complexity index is 340. The third-order valence-electron chi connectivity index (χ3n) is 4.99. The zero-order chi connectivity index (χ0) is 14.9. The third-order valence-corrected chi connectivity index (χ3v) is 4.99. The number of hydrogen-bond acceptors (Lipinski definition) is 3. The largest absolute Gasteiger partial charge is 0.337 e. The highest BCUT2D eigenvalue weighted by Crippen LogP contribution is 2.35. The van der Waals surface area contributed by atoms with Crippen LogP contribution in [0.4, 0.5) is 0 Å². The van der Waals surface area contributed by atoms with Crippen LogP contribution in [-0.2, 0) is 4.79 Å². The highest BCUT2D eigenvalue weighted by Gasteiger charge is 2.39. The quantitative estimate of drug-likeness (QED) is 0.864. The lowest BCUT2D eigenvalue weighted by atomic mass is 9.78. The van der Waals surface area contributed by atoms with Crippen molar-refractivity contribution >= 4 is 18.3 Å². The maximum atomic E-state index is 12.5. The van der Waals surface area contributed by atoms with Crippen molar-refractivity contribution in [3.8, 4) is 0 Å². The molecule has 2 rings (SSSR count). The van der Waals surface area contributed by atoms with E-state index in [1.54, 1.807) is 0 Å². The zero-order valence-electron chi connectivity index (χ0n) is 13.9. The highest BCUT2D eigenvalue weighted by atomic mass is 35.5. The minimum atomic E-state index is 0. The van der Waals surface area contributed by atoms with Crippen LogP contribution in [0.25, 0.3) is 0 Å². The smallest absolute Gasteiger partial charge is 0.237 e. The van der Waals surface area contributed by atoms with Crippen molar-refractivity contribution in [3.05, 3.63) is 0 Å². The predicted molar refractivity (Wildman–Crippen MR) is 89.6 cm³/mol. The summed E-state index contributed by atoms with van der Waals surface area (Å²) in [4.78, 5) is 16.9. The molecule has 2 aliphatic rings. The van der Waals surface area contributed by atoms with Crippen molar-refractivity contribution < 1.29 is 4.79 Å². The van der Waals surface area contributed by atoms with Gasteiger partial charge in [-0.2, -0.15) is 0 Å². The van der Waals surface area contributed by atoms with E-state index >= 15 is 0 Å². The van der Waals surface area contributed by atoms with E-state index in [-0.39, 0.29) is 30.4 Å². The maximum Gasteiger partial charge on any atom is 0.237 e. The number of amides is 1. The Hall–Kier alpha value is -0.320. The second-order valence-electron chi connectivity index (χ2n) is 7.20. The van der Waals surface area contributed by atoms with E-state index in [9.17, 15) is 4.79 Å². The van der Waals surface area contributed by atoms with Crippen molar-refractivity contribution in [1.82, 2.24) is 9.80 Å². The van der Waals surface area contributed by atoms with Crippen LogP contribution in [0.2, 0.25) is 0 Å². The number of rotatable bonds is 4. The van der Waals surface area contributed by atoms with Gasteiger partial charge in [-0.05, 0) is 52.4 Å². The van der Waals surface area contributed by atoms with Crippen molar-refractivity contribution in [2.75, 3.05) is 19.6 Å². The highest BCUT2D eigenvalue weighted by molar-refractivity contribution is 5.85. The summed E-state index contributed by atoms with van der Waals surface area (Å²) in [6.45, 7) is 11.0. The Morgan fingerprint density at radius 3 is 2.33 bits per heavy atom. The summed E-state index contributed by atoms with van der Waals surface area (Å²) >= 11 is 0. The van der Waals surface area contributed by atoms with E-state index in [0.717, 1.165) is 25.4 Å². The molecule has 4 nitrogen and oxygen atoms in total. The molecule has 2 fully saturated rings. The van der Waals surface area contributed by atoms with Crippen LogP contribution in [-0.4, -0.2) is 53.5 Å². The molecule has 0 aromatic heterocycles. The molecule has 0 bridgehead atoms. The molecule has 1 heterocycles. The van der Waals surface area contributed by atoms with Gasteiger partial charge in [0.1, 0.15) is 0 Å². The molecule has 1 aliphatic heterocycles. The summed E-state index contributed by atoms with van der Waals surface area (Å²) in [6, 6.07) is 0.893. The molecule has 2 N–H and O–H groups in total. The average molecular weight is 318 g/mol. The zero-order valence-corrected chi connectivity index (χ0v) is 14.7. The minimum Gasteiger partial charge on any atom is -0.337 e. The number of nitrogens with two attached hydrogens (primary N) is 1. The molecule has 0 aromatic rings. The fraction of sp³-hybridized carbons (Fsp3) is 0.938. The molecule has 1 amide bonds. The topological polar surface area (TPSA) is 49.6 Å². The first kappa shape index (κ1) is 18.7. The molecule has 0 aromatic carbocycles. The van der Waals surface area contributed by atoms with E-state index in [2.05, 4.69) is 32.6 Å². The molecule has 5 heteroatoms. The molecule has 1 aliphatic carbocycles. The Morgan fingerprint density at radius 1 is 1.19 bits per heavy atom. The van der Waals surface area contributed by atoms with Gasteiger partial charge >= 0.3 is 0 Å². The van der Waals surface area contributed by atoms with E-state index in [1.807, 2.05) is 4.90 Å². The van der Waals surface area contributed by atoms with E-state index < -0.39 is 0 Å². The van der Waals surface area contributed by atoms with Gasteiger partial charge in [0.15, 0.2) is 0 Å². The Kier molecular flexibility index (Phi) is 6.95. The van der Waals surface area contributed by atoms with Gasteiger partial charge in [-0.1, -0.05) is 6.42 Å². The first-order valence-corrected chi connectivity index (χ1v) is 8.19. The van der Waals surface area contributed by atoms with Crippen LogP contribution in [0.3, 0.4) is 0 Å². The minimum absolute atomic E-state index is 0.